The normalized spacial score (nSPS) is 12.2. The van der Waals surface area contributed by atoms with Crippen LogP contribution in [-0.2, 0) is 12.7 Å². The molecule has 2 N–H and O–H groups in total. The maximum Gasteiger partial charge on any atom is 0.416 e. The molecule has 0 atom stereocenters. The van der Waals surface area contributed by atoms with E-state index in [1.807, 2.05) is 13.8 Å². The zero-order chi connectivity index (χ0) is 15.8. The van der Waals surface area contributed by atoms with Crippen molar-refractivity contribution in [2.45, 2.75) is 32.6 Å². The molecule has 0 saturated heterocycles. The Kier molecular flexibility index (Phi) is 4.38. The lowest BCUT2D eigenvalue weighted by Gasteiger charge is -2.15. The third-order valence-corrected chi connectivity index (χ3v) is 3.69. The number of alkyl halides is 3. The van der Waals surface area contributed by atoms with E-state index < -0.39 is 11.7 Å². The summed E-state index contributed by atoms with van der Waals surface area (Å²) in [5.41, 5.74) is 5.21. The molecule has 2 rings (SSSR count). The van der Waals surface area contributed by atoms with Gasteiger partial charge in [0.25, 0.3) is 0 Å². The molecule has 21 heavy (non-hydrogen) atoms. The third-order valence-electron chi connectivity index (χ3n) is 3.00. The maximum absolute atomic E-state index is 12.9. The molecule has 0 radical (unpaired) electrons. The molecule has 0 saturated carbocycles. The van der Waals surface area contributed by atoms with Crippen LogP contribution in [0.25, 0.3) is 11.4 Å². The summed E-state index contributed by atoms with van der Waals surface area (Å²) < 4.78 is 40.9. The molecular weight excluding hydrogens is 349 g/mol. The second-order valence-electron chi connectivity index (χ2n) is 4.80. The van der Waals surface area contributed by atoms with Gasteiger partial charge >= 0.3 is 6.18 Å². The van der Waals surface area contributed by atoms with Crippen molar-refractivity contribution in [1.29, 1.82) is 0 Å². The number of hydrogen-bond donors (Lipinski definition) is 1. The Morgan fingerprint density at radius 1 is 1.29 bits per heavy atom. The van der Waals surface area contributed by atoms with E-state index >= 15 is 0 Å². The standard InChI is InChI=1S/C13H14BrF3N4/c1-7(2)21-11(6-18)19-20-12(21)9-5-8(13(15,16)17)3-4-10(9)14/h3-5,7H,6,18H2,1-2H3. The summed E-state index contributed by atoms with van der Waals surface area (Å²) >= 11 is 3.27. The topological polar surface area (TPSA) is 56.7 Å². The fourth-order valence-electron chi connectivity index (χ4n) is 2.06. The van der Waals surface area contributed by atoms with E-state index in [1.165, 1.54) is 6.07 Å². The van der Waals surface area contributed by atoms with Crippen LogP contribution < -0.4 is 5.73 Å². The molecule has 114 valence electrons. The van der Waals surface area contributed by atoms with Crippen LogP contribution in [-0.4, -0.2) is 14.8 Å². The van der Waals surface area contributed by atoms with Crippen molar-refractivity contribution in [3.63, 3.8) is 0 Å². The molecule has 0 aliphatic rings. The van der Waals surface area contributed by atoms with Crippen molar-refractivity contribution in [2.24, 2.45) is 5.73 Å². The fraction of sp³-hybridized carbons (Fsp3) is 0.385. The summed E-state index contributed by atoms with van der Waals surface area (Å²) in [6.45, 7) is 3.96. The van der Waals surface area contributed by atoms with Gasteiger partial charge in [-0.25, -0.2) is 0 Å². The van der Waals surface area contributed by atoms with Crippen molar-refractivity contribution in [3.05, 3.63) is 34.1 Å². The third kappa shape index (κ3) is 3.11. The average Bonchev–Trinajstić information content (AvgIpc) is 2.81. The predicted octanol–water partition coefficient (Wildman–Crippen LogP) is 3.77. The molecule has 1 aromatic heterocycles. The van der Waals surface area contributed by atoms with Crippen molar-refractivity contribution in [1.82, 2.24) is 14.8 Å². The first-order valence-electron chi connectivity index (χ1n) is 6.26. The minimum absolute atomic E-state index is 0.0185. The molecule has 0 bridgehead atoms. The van der Waals surface area contributed by atoms with Crippen LogP contribution in [0, 0.1) is 0 Å². The Hall–Kier alpha value is -1.41. The van der Waals surface area contributed by atoms with E-state index in [0.717, 1.165) is 12.1 Å². The Labute approximate surface area is 128 Å². The molecule has 0 aliphatic carbocycles. The fourth-order valence-corrected chi connectivity index (χ4v) is 2.49. The second-order valence-corrected chi connectivity index (χ2v) is 5.65. The molecule has 4 nitrogen and oxygen atoms in total. The first kappa shape index (κ1) is 16.0. The monoisotopic (exact) mass is 362 g/mol. The van der Waals surface area contributed by atoms with Crippen LogP contribution in [0.5, 0.6) is 0 Å². The van der Waals surface area contributed by atoms with Gasteiger partial charge in [0.05, 0.1) is 12.1 Å². The Morgan fingerprint density at radius 2 is 1.95 bits per heavy atom. The zero-order valence-electron chi connectivity index (χ0n) is 11.4. The molecule has 1 heterocycles. The molecule has 8 heteroatoms. The summed E-state index contributed by atoms with van der Waals surface area (Å²) in [5, 5.41) is 7.95. The van der Waals surface area contributed by atoms with Crippen molar-refractivity contribution >= 4 is 15.9 Å². The van der Waals surface area contributed by atoms with Crippen molar-refractivity contribution in [3.8, 4) is 11.4 Å². The van der Waals surface area contributed by atoms with Crippen LogP contribution >= 0.6 is 15.9 Å². The summed E-state index contributed by atoms with van der Waals surface area (Å²) in [7, 11) is 0. The summed E-state index contributed by atoms with van der Waals surface area (Å²) in [6, 6.07) is 3.43. The highest BCUT2D eigenvalue weighted by atomic mass is 79.9. The molecule has 1 aromatic carbocycles. The summed E-state index contributed by atoms with van der Waals surface area (Å²) in [5.74, 6) is 0.896. The molecule has 0 amide bonds. The first-order valence-corrected chi connectivity index (χ1v) is 7.06. The van der Waals surface area contributed by atoms with Gasteiger partial charge in [0.2, 0.25) is 0 Å². The van der Waals surface area contributed by atoms with Gasteiger partial charge in [0.1, 0.15) is 5.82 Å². The van der Waals surface area contributed by atoms with Crippen molar-refractivity contribution < 1.29 is 13.2 Å². The van der Waals surface area contributed by atoms with Gasteiger partial charge in [-0.3, -0.25) is 0 Å². The number of nitrogens with two attached hydrogens (primary N) is 1. The van der Waals surface area contributed by atoms with E-state index in [4.69, 9.17) is 5.73 Å². The average molecular weight is 363 g/mol. The van der Waals surface area contributed by atoms with Gasteiger partial charge in [-0.1, -0.05) is 15.9 Å². The van der Waals surface area contributed by atoms with Crippen LogP contribution in [0.3, 0.4) is 0 Å². The van der Waals surface area contributed by atoms with Gasteiger partial charge in [-0.2, -0.15) is 13.2 Å². The molecule has 0 fully saturated rings. The first-order chi connectivity index (χ1) is 9.75. The lowest BCUT2D eigenvalue weighted by Crippen LogP contribution is -2.12. The van der Waals surface area contributed by atoms with E-state index in [1.54, 1.807) is 4.57 Å². The number of benzene rings is 1. The van der Waals surface area contributed by atoms with Crippen LogP contribution in [0.2, 0.25) is 0 Å². The summed E-state index contributed by atoms with van der Waals surface area (Å²) in [4.78, 5) is 0. The Morgan fingerprint density at radius 3 is 2.48 bits per heavy atom. The zero-order valence-corrected chi connectivity index (χ0v) is 13.0. The number of nitrogens with zero attached hydrogens (tertiary/aromatic N) is 3. The van der Waals surface area contributed by atoms with Crippen LogP contribution in [0.15, 0.2) is 22.7 Å². The molecular formula is C13H14BrF3N4. The number of aromatic nitrogens is 3. The number of rotatable bonds is 3. The van der Waals surface area contributed by atoms with E-state index in [0.29, 0.717) is 21.7 Å². The van der Waals surface area contributed by atoms with Crippen molar-refractivity contribution in [2.75, 3.05) is 0 Å². The smallest absolute Gasteiger partial charge is 0.324 e. The lowest BCUT2D eigenvalue weighted by atomic mass is 10.1. The lowest BCUT2D eigenvalue weighted by molar-refractivity contribution is -0.137. The van der Waals surface area contributed by atoms with Gasteiger partial charge in [0, 0.05) is 16.1 Å². The minimum Gasteiger partial charge on any atom is -0.324 e. The molecule has 0 aliphatic heterocycles. The SMILES string of the molecule is CC(C)n1c(CN)nnc1-c1cc(C(F)(F)F)ccc1Br. The van der Waals surface area contributed by atoms with Gasteiger partial charge < -0.3 is 10.3 Å². The van der Waals surface area contributed by atoms with Crippen LogP contribution in [0.1, 0.15) is 31.3 Å². The molecule has 2 aromatic rings. The maximum atomic E-state index is 12.9. The highest BCUT2D eigenvalue weighted by molar-refractivity contribution is 9.10. The van der Waals surface area contributed by atoms with E-state index in [9.17, 15) is 13.2 Å². The predicted molar refractivity (Wildman–Crippen MR) is 76.4 cm³/mol. The number of hydrogen-bond acceptors (Lipinski definition) is 3. The largest absolute Gasteiger partial charge is 0.416 e. The second kappa shape index (κ2) is 5.76. The Balaban J connectivity index is 2.64. The minimum atomic E-state index is -4.41. The van der Waals surface area contributed by atoms with Gasteiger partial charge in [0.15, 0.2) is 5.82 Å². The highest BCUT2D eigenvalue weighted by Crippen LogP contribution is 2.36. The van der Waals surface area contributed by atoms with E-state index in [2.05, 4.69) is 26.1 Å². The van der Waals surface area contributed by atoms with E-state index in [-0.39, 0.29) is 12.6 Å². The van der Waals surface area contributed by atoms with Gasteiger partial charge in [-0.05, 0) is 32.0 Å². The molecule has 0 spiro atoms. The van der Waals surface area contributed by atoms with Crippen LogP contribution in [0.4, 0.5) is 13.2 Å². The highest BCUT2D eigenvalue weighted by Gasteiger charge is 2.31. The Bertz CT molecular complexity index is 649. The van der Waals surface area contributed by atoms with Gasteiger partial charge in [-0.15, -0.1) is 10.2 Å². The summed E-state index contributed by atoms with van der Waals surface area (Å²) in [6.07, 6.45) is -4.41. The number of halogens is 4. The molecule has 0 unspecified atom stereocenters. The quantitative estimate of drug-likeness (QED) is 0.903.